The molecule has 3 amide bonds. The quantitative estimate of drug-likeness (QED) is 0.351. The molecule has 4 heterocycles. The van der Waals surface area contributed by atoms with Gasteiger partial charge in [-0.05, 0) is 37.6 Å². The van der Waals surface area contributed by atoms with Crippen LogP contribution >= 0.6 is 0 Å². The minimum Gasteiger partial charge on any atom is -0.507 e. The standard InChI is InChI=1S/C28H32N4O8/c1-15-23(34)19(13-17-7-6-11-29-14-17)31-26(36)22(30-25(35)18-8-4-5-9-20(18)33)16(2)32(31,3)27(37)24(40-28(15)38)21-10-12-39-21/h4-9,11,14-16,19,21-24,34H,10,12-13H2,1-3H3,(H-,30,33,35)/p+1. The van der Waals surface area contributed by atoms with Gasteiger partial charge in [0.05, 0.1) is 24.6 Å². The Labute approximate surface area is 231 Å². The second kappa shape index (κ2) is 10.6. The average Bonchev–Trinajstić information content (AvgIpc) is 3.11. The first kappa shape index (κ1) is 27.7. The second-order valence-corrected chi connectivity index (χ2v) is 10.7. The van der Waals surface area contributed by atoms with Crippen LogP contribution < -0.4 is 5.32 Å². The number of aromatic hydroxyl groups is 1. The highest BCUT2D eigenvalue weighted by Crippen LogP contribution is 2.38. The highest BCUT2D eigenvalue weighted by Gasteiger charge is 2.66. The summed E-state index contributed by atoms with van der Waals surface area (Å²) in [6.45, 7) is 3.53. The first-order valence-electron chi connectivity index (χ1n) is 13.3. The number of carbonyl (C=O) groups excluding carboxylic acids is 4. The normalized spacial score (nSPS) is 34.1. The van der Waals surface area contributed by atoms with Crippen LogP contribution in [0.1, 0.15) is 36.2 Å². The van der Waals surface area contributed by atoms with Gasteiger partial charge in [0.2, 0.25) is 6.10 Å². The third-order valence-corrected chi connectivity index (χ3v) is 8.41. The summed E-state index contributed by atoms with van der Waals surface area (Å²) >= 11 is 0. The molecule has 3 fully saturated rings. The molecule has 1 aromatic carbocycles. The summed E-state index contributed by atoms with van der Waals surface area (Å²) in [5.74, 6) is -4.02. The Morgan fingerprint density at radius 3 is 2.52 bits per heavy atom. The van der Waals surface area contributed by atoms with E-state index in [4.69, 9.17) is 9.47 Å². The van der Waals surface area contributed by atoms with Crippen molar-refractivity contribution in [3.05, 3.63) is 59.9 Å². The Morgan fingerprint density at radius 2 is 1.90 bits per heavy atom. The minimum absolute atomic E-state index is 0.0298. The van der Waals surface area contributed by atoms with Crippen LogP contribution in [0.5, 0.6) is 5.75 Å². The Balaban J connectivity index is 1.60. The van der Waals surface area contributed by atoms with Crippen LogP contribution in [-0.2, 0) is 30.3 Å². The van der Waals surface area contributed by atoms with Crippen molar-refractivity contribution in [3.8, 4) is 5.75 Å². The van der Waals surface area contributed by atoms with Crippen molar-refractivity contribution < 1.29 is 43.5 Å². The van der Waals surface area contributed by atoms with Crippen LogP contribution in [-0.4, -0.2) is 98.6 Å². The van der Waals surface area contributed by atoms with Crippen molar-refractivity contribution in [2.45, 2.75) is 63.1 Å². The lowest BCUT2D eigenvalue weighted by Crippen LogP contribution is -2.69. The predicted molar refractivity (Wildman–Crippen MR) is 138 cm³/mol. The monoisotopic (exact) mass is 553 g/mol. The van der Waals surface area contributed by atoms with E-state index in [1.54, 1.807) is 43.6 Å². The number of amides is 3. The van der Waals surface area contributed by atoms with E-state index in [-0.39, 0.29) is 17.7 Å². The first-order chi connectivity index (χ1) is 19.1. The van der Waals surface area contributed by atoms with E-state index in [1.165, 1.54) is 31.1 Å². The number of quaternary nitrogens is 1. The van der Waals surface area contributed by atoms with E-state index >= 15 is 0 Å². The van der Waals surface area contributed by atoms with Gasteiger partial charge in [-0.25, -0.2) is 4.79 Å². The van der Waals surface area contributed by atoms with E-state index in [1.807, 2.05) is 0 Å². The molecule has 0 aliphatic carbocycles. The number of aliphatic hydroxyl groups is 1. The largest absolute Gasteiger partial charge is 0.507 e. The molecular formula is C28H33N4O8+. The number of benzene rings is 1. The van der Waals surface area contributed by atoms with Gasteiger partial charge in [0.25, 0.3) is 11.8 Å². The van der Waals surface area contributed by atoms with Gasteiger partial charge >= 0.3 is 11.9 Å². The number of hydrogen-bond donors (Lipinski definition) is 3. The summed E-state index contributed by atoms with van der Waals surface area (Å²) in [4.78, 5) is 59.0. The van der Waals surface area contributed by atoms with Crippen molar-refractivity contribution >= 4 is 23.7 Å². The molecule has 3 saturated heterocycles. The fraction of sp³-hybridized carbons (Fsp3) is 0.464. The van der Waals surface area contributed by atoms with Crippen LogP contribution in [0.15, 0.2) is 48.8 Å². The van der Waals surface area contributed by atoms with Crippen molar-refractivity contribution in [3.63, 3.8) is 0 Å². The molecule has 12 heteroatoms. The second-order valence-electron chi connectivity index (χ2n) is 10.7. The molecule has 8 unspecified atom stereocenters. The molecule has 0 bridgehead atoms. The molecule has 5 rings (SSSR count). The number of pyridine rings is 1. The minimum atomic E-state index is -1.41. The molecule has 1 aromatic heterocycles. The number of aromatic nitrogens is 1. The Morgan fingerprint density at radius 1 is 1.18 bits per heavy atom. The maximum atomic E-state index is 14.3. The van der Waals surface area contributed by atoms with Crippen LogP contribution in [0.2, 0.25) is 0 Å². The third kappa shape index (κ3) is 4.51. The van der Waals surface area contributed by atoms with Gasteiger partial charge in [-0.2, -0.15) is 9.60 Å². The topological polar surface area (TPSA) is 155 Å². The van der Waals surface area contributed by atoms with E-state index < -0.39 is 70.6 Å². The Hall–Kier alpha value is -3.87. The summed E-state index contributed by atoms with van der Waals surface area (Å²) in [6, 6.07) is 6.29. The lowest BCUT2D eigenvalue weighted by molar-refractivity contribution is -0.954. The zero-order valence-electron chi connectivity index (χ0n) is 22.5. The molecule has 0 radical (unpaired) electrons. The van der Waals surface area contributed by atoms with Crippen LogP contribution in [0, 0.1) is 5.92 Å². The number of hydrogen-bond acceptors (Lipinski definition) is 9. The molecule has 0 saturated carbocycles. The van der Waals surface area contributed by atoms with Gasteiger partial charge in [0.1, 0.15) is 23.9 Å². The van der Waals surface area contributed by atoms with Crippen LogP contribution in [0.25, 0.3) is 0 Å². The third-order valence-electron chi connectivity index (χ3n) is 8.41. The number of rotatable bonds is 5. The number of para-hydroxylation sites is 1. The number of ether oxygens (including phenoxy) is 2. The highest BCUT2D eigenvalue weighted by molar-refractivity contribution is 6.00. The van der Waals surface area contributed by atoms with Gasteiger partial charge in [-0.3, -0.25) is 19.4 Å². The molecule has 3 N–H and O–H groups in total. The van der Waals surface area contributed by atoms with E-state index in [0.29, 0.717) is 18.6 Å². The molecule has 3 aliphatic rings. The summed E-state index contributed by atoms with van der Waals surface area (Å²) in [7, 11) is 1.52. The number of fused-ring (bicyclic) bond motifs is 1. The summed E-state index contributed by atoms with van der Waals surface area (Å²) < 4.78 is 10.5. The van der Waals surface area contributed by atoms with Crippen molar-refractivity contribution in [1.82, 2.24) is 15.3 Å². The smallest absolute Gasteiger partial charge is 0.381 e. The number of aliphatic hydroxyl groups excluding tert-OH is 1. The van der Waals surface area contributed by atoms with Gasteiger partial charge in [-0.15, -0.1) is 0 Å². The summed E-state index contributed by atoms with van der Waals surface area (Å²) in [6.07, 6.45) is 0.313. The van der Waals surface area contributed by atoms with E-state index in [2.05, 4.69) is 10.3 Å². The number of nitrogens with one attached hydrogen (secondary N) is 1. The predicted octanol–water partition coefficient (Wildman–Crippen LogP) is 0.327. The van der Waals surface area contributed by atoms with Gasteiger partial charge in [0.15, 0.2) is 6.04 Å². The molecule has 8 atom stereocenters. The maximum Gasteiger partial charge on any atom is 0.381 e. The first-order valence-corrected chi connectivity index (χ1v) is 13.3. The van der Waals surface area contributed by atoms with Gasteiger partial charge < -0.3 is 25.0 Å². The van der Waals surface area contributed by atoms with Crippen molar-refractivity contribution in [2.24, 2.45) is 5.92 Å². The Kier molecular flexibility index (Phi) is 7.34. The fourth-order valence-electron chi connectivity index (χ4n) is 5.74. The van der Waals surface area contributed by atoms with E-state index in [9.17, 15) is 29.4 Å². The van der Waals surface area contributed by atoms with Crippen LogP contribution in [0.3, 0.4) is 0 Å². The molecular weight excluding hydrogens is 520 g/mol. The number of esters is 1. The van der Waals surface area contributed by atoms with Crippen LogP contribution in [0.4, 0.5) is 0 Å². The molecule has 3 aliphatic heterocycles. The van der Waals surface area contributed by atoms with Crippen molar-refractivity contribution in [1.29, 1.82) is 0 Å². The lowest BCUT2D eigenvalue weighted by atomic mass is 9.92. The zero-order chi connectivity index (χ0) is 28.8. The van der Waals surface area contributed by atoms with Gasteiger partial charge in [-0.1, -0.05) is 18.2 Å². The molecule has 40 heavy (non-hydrogen) atoms. The van der Waals surface area contributed by atoms with E-state index in [0.717, 1.165) is 0 Å². The molecule has 0 spiro atoms. The van der Waals surface area contributed by atoms with Gasteiger partial charge in [0, 0.05) is 31.8 Å². The summed E-state index contributed by atoms with van der Waals surface area (Å²) in [5, 5.41) is 25.7. The fourth-order valence-corrected chi connectivity index (χ4v) is 5.74. The Bertz CT molecular complexity index is 1320. The number of cyclic esters (lactones) is 1. The zero-order valence-corrected chi connectivity index (χ0v) is 22.5. The number of phenols is 1. The SMILES string of the molecule is CC1C(=O)OC(C2CCO2)C(=O)[N+]2(C)C(C)C(NC(=O)c3ccccc3O)C(=O)N2C(Cc2cccnc2)C1O. The molecule has 212 valence electrons. The number of likely N-dealkylation sites (N-methyl/N-ethyl adjacent to an activating group) is 1. The lowest BCUT2D eigenvalue weighted by Gasteiger charge is -2.44. The van der Waals surface area contributed by atoms with Crippen molar-refractivity contribution in [2.75, 3.05) is 13.7 Å². The molecule has 2 aromatic rings. The molecule has 12 nitrogen and oxygen atoms in total. The number of phenolic OH excluding ortho intramolecular Hbond substituents is 1. The number of carbonyl (C=O) groups is 4. The summed E-state index contributed by atoms with van der Waals surface area (Å²) in [5.41, 5.74) is 0.643. The maximum absolute atomic E-state index is 14.3. The highest BCUT2D eigenvalue weighted by atomic mass is 16.6. The number of nitrogens with zero attached hydrogens (tertiary/aromatic N) is 3. The average molecular weight is 554 g/mol.